The molecule has 3 aromatic heterocycles. The average molecular weight is 381 g/mol. The molecule has 3 heterocycles. The zero-order valence-electron chi connectivity index (χ0n) is 16.0. The van der Waals surface area contributed by atoms with Gasteiger partial charge in [0.25, 0.3) is 5.56 Å². The second-order valence-corrected chi connectivity index (χ2v) is 7.36. The van der Waals surface area contributed by atoms with E-state index >= 15 is 0 Å². The highest BCUT2D eigenvalue weighted by Crippen LogP contribution is 2.30. The van der Waals surface area contributed by atoms with Crippen LogP contribution in [0.1, 0.15) is 54.3 Å². The lowest BCUT2D eigenvalue weighted by Gasteiger charge is -2.25. The molecule has 0 unspecified atom stereocenters. The van der Waals surface area contributed by atoms with Gasteiger partial charge in [0.2, 0.25) is 5.95 Å². The molecule has 8 nitrogen and oxygen atoms in total. The third-order valence-electron chi connectivity index (χ3n) is 5.39. The van der Waals surface area contributed by atoms with Gasteiger partial charge in [0.1, 0.15) is 11.3 Å². The third kappa shape index (κ3) is 3.26. The monoisotopic (exact) mass is 381 g/mol. The van der Waals surface area contributed by atoms with E-state index in [1.807, 2.05) is 11.5 Å². The maximum Gasteiger partial charge on any atom is 0.352 e. The Labute approximate surface area is 161 Å². The molecule has 4 rings (SSSR count). The van der Waals surface area contributed by atoms with Crippen LogP contribution in [0.5, 0.6) is 0 Å². The summed E-state index contributed by atoms with van der Waals surface area (Å²) in [4.78, 5) is 33.0. The molecule has 0 amide bonds. The molecule has 0 bridgehead atoms. The Bertz CT molecular complexity index is 1110. The fraction of sp³-hybridized carbons (Fsp3) is 0.400. The maximum atomic E-state index is 12.6. The summed E-state index contributed by atoms with van der Waals surface area (Å²) in [6.07, 6.45) is 7.06. The summed E-state index contributed by atoms with van der Waals surface area (Å²) in [6.45, 7) is 1.89. The van der Waals surface area contributed by atoms with Crippen LogP contribution in [0.25, 0.3) is 11.0 Å². The number of fused-ring (bicyclic) bond motifs is 1. The summed E-state index contributed by atoms with van der Waals surface area (Å²) in [6, 6.07) is 5.06. The van der Waals surface area contributed by atoms with Crippen molar-refractivity contribution in [2.45, 2.75) is 45.1 Å². The lowest BCUT2D eigenvalue weighted by Crippen LogP contribution is -2.27. The first kappa shape index (κ1) is 18.2. The minimum Gasteiger partial charge on any atom is -0.477 e. The van der Waals surface area contributed by atoms with Crippen LogP contribution in [0.2, 0.25) is 0 Å². The van der Waals surface area contributed by atoms with Crippen molar-refractivity contribution in [3.63, 3.8) is 0 Å². The van der Waals surface area contributed by atoms with Crippen molar-refractivity contribution in [1.29, 1.82) is 0 Å². The van der Waals surface area contributed by atoms with Crippen molar-refractivity contribution < 1.29 is 9.90 Å². The van der Waals surface area contributed by atoms with Gasteiger partial charge in [-0.25, -0.2) is 9.78 Å². The number of pyridine rings is 1. The minimum atomic E-state index is -1.00. The van der Waals surface area contributed by atoms with Crippen LogP contribution < -0.4 is 10.9 Å². The second-order valence-electron chi connectivity index (χ2n) is 7.36. The molecule has 0 spiro atoms. The Morgan fingerprint density at radius 2 is 1.96 bits per heavy atom. The molecule has 146 valence electrons. The topological polar surface area (TPSA) is 102 Å². The molecule has 8 heteroatoms. The van der Waals surface area contributed by atoms with Gasteiger partial charge < -0.3 is 15.0 Å². The Morgan fingerprint density at radius 1 is 1.21 bits per heavy atom. The molecular weight excluding hydrogens is 358 g/mol. The molecule has 2 N–H and O–H groups in total. The van der Waals surface area contributed by atoms with E-state index in [4.69, 9.17) is 0 Å². The number of aromatic carboxylic acids is 1. The van der Waals surface area contributed by atoms with Crippen molar-refractivity contribution in [1.82, 2.24) is 19.1 Å². The number of aryl methyl sites for hydroxylation is 2. The Morgan fingerprint density at radius 3 is 2.64 bits per heavy atom. The number of nitrogens with zero attached hydrogens (tertiary/aromatic N) is 4. The van der Waals surface area contributed by atoms with E-state index < -0.39 is 5.97 Å². The Kier molecular flexibility index (Phi) is 4.62. The Balaban J connectivity index is 1.79. The lowest BCUT2D eigenvalue weighted by atomic mass is 9.95. The van der Waals surface area contributed by atoms with Gasteiger partial charge in [-0.05, 0) is 31.9 Å². The van der Waals surface area contributed by atoms with E-state index in [-0.39, 0.29) is 17.3 Å². The van der Waals surface area contributed by atoms with E-state index in [2.05, 4.69) is 15.3 Å². The molecule has 0 radical (unpaired) electrons. The van der Waals surface area contributed by atoms with Crippen LogP contribution in [0.15, 0.2) is 29.2 Å². The highest BCUT2D eigenvalue weighted by molar-refractivity contribution is 5.87. The minimum absolute atomic E-state index is 0.0451. The van der Waals surface area contributed by atoms with E-state index in [1.54, 1.807) is 25.4 Å². The standard InChI is InChI=1S/C20H23N5O3/c1-12-15-8-9-17(26)25(14-6-4-3-5-7-14)18(15)23-20(21-12)22-13-10-16(19(27)28)24(2)11-13/h8-11,14H,3-7H2,1-2H3,(H,27,28)(H,21,22,23). The molecule has 3 aromatic rings. The quantitative estimate of drug-likeness (QED) is 0.718. The number of aromatic nitrogens is 4. The van der Waals surface area contributed by atoms with Gasteiger partial charge in [-0.1, -0.05) is 19.3 Å². The van der Waals surface area contributed by atoms with Crippen molar-refractivity contribution >= 4 is 28.6 Å². The van der Waals surface area contributed by atoms with E-state index in [9.17, 15) is 14.7 Å². The number of carboxylic acid groups (broad SMARTS) is 1. The smallest absolute Gasteiger partial charge is 0.352 e. The third-order valence-corrected chi connectivity index (χ3v) is 5.39. The van der Waals surface area contributed by atoms with Crippen molar-refractivity contribution in [3.8, 4) is 0 Å². The molecular formula is C20H23N5O3. The first-order chi connectivity index (χ1) is 13.4. The molecule has 1 fully saturated rings. The molecule has 0 saturated heterocycles. The van der Waals surface area contributed by atoms with Crippen LogP contribution in [0, 0.1) is 6.92 Å². The van der Waals surface area contributed by atoms with Crippen molar-refractivity contribution in [3.05, 3.63) is 46.1 Å². The molecule has 28 heavy (non-hydrogen) atoms. The average Bonchev–Trinajstić information content (AvgIpc) is 3.02. The van der Waals surface area contributed by atoms with Crippen molar-refractivity contribution in [2.24, 2.45) is 7.05 Å². The first-order valence-corrected chi connectivity index (χ1v) is 9.50. The van der Waals surface area contributed by atoms with Gasteiger partial charge in [-0.2, -0.15) is 4.98 Å². The molecule has 1 aliphatic rings. The van der Waals surface area contributed by atoms with E-state index in [0.717, 1.165) is 36.8 Å². The van der Waals surface area contributed by atoms with Gasteiger partial charge >= 0.3 is 5.97 Å². The summed E-state index contributed by atoms with van der Waals surface area (Å²) < 4.78 is 3.33. The van der Waals surface area contributed by atoms with Crippen LogP contribution in [-0.2, 0) is 7.05 Å². The highest BCUT2D eigenvalue weighted by Gasteiger charge is 2.20. The van der Waals surface area contributed by atoms with Gasteiger partial charge in [0.05, 0.1) is 11.4 Å². The number of carbonyl (C=O) groups is 1. The maximum absolute atomic E-state index is 12.6. The summed E-state index contributed by atoms with van der Waals surface area (Å²) in [5, 5.41) is 13.2. The predicted molar refractivity (Wildman–Crippen MR) is 106 cm³/mol. The normalized spacial score (nSPS) is 15.1. The van der Waals surface area contributed by atoms with Crippen LogP contribution in [0.3, 0.4) is 0 Å². The van der Waals surface area contributed by atoms with Gasteiger partial charge in [-0.3, -0.25) is 9.36 Å². The fourth-order valence-corrected chi connectivity index (χ4v) is 4.01. The number of rotatable bonds is 4. The van der Waals surface area contributed by atoms with Crippen LogP contribution in [0.4, 0.5) is 11.6 Å². The number of hydrogen-bond acceptors (Lipinski definition) is 5. The van der Waals surface area contributed by atoms with Crippen LogP contribution in [-0.4, -0.2) is 30.2 Å². The van der Waals surface area contributed by atoms with Gasteiger partial charge in [0, 0.05) is 30.7 Å². The highest BCUT2D eigenvalue weighted by atomic mass is 16.4. The zero-order chi connectivity index (χ0) is 19.8. The molecule has 1 saturated carbocycles. The molecule has 1 aliphatic carbocycles. The number of hydrogen-bond donors (Lipinski definition) is 2. The number of carboxylic acids is 1. The SMILES string of the molecule is Cc1nc(Nc2cc(C(=O)O)n(C)c2)nc2c1ccc(=O)n2C1CCCCC1. The van der Waals surface area contributed by atoms with Gasteiger partial charge in [-0.15, -0.1) is 0 Å². The van der Waals surface area contributed by atoms with E-state index in [0.29, 0.717) is 17.3 Å². The second kappa shape index (κ2) is 7.10. The lowest BCUT2D eigenvalue weighted by molar-refractivity contribution is 0.0686. The summed E-state index contributed by atoms with van der Waals surface area (Å²) in [5.74, 6) is -0.653. The van der Waals surface area contributed by atoms with E-state index in [1.165, 1.54) is 17.1 Å². The number of nitrogens with one attached hydrogen (secondary N) is 1. The molecule has 0 aromatic carbocycles. The van der Waals surface area contributed by atoms with Crippen molar-refractivity contribution in [2.75, 3.05) is 5.32 Å². The fourth-order valence-electron chi connectivity index (χ4n) is 4.01. The van der Waals surface area contributed by atoms with Crippen LogP contribution >= 0.6 is 0 Å². The zero-order valence-corrected chi connectivity index (χ0v) is 16.0. The predicted octanol–water partition coefficient (Wildman–Crippen LogP) is 3.39. The summed E-state index contributed by atoms with van der Waals surface area (Å²) in [7, 11) is 1.67. The first-order valence-electron chi connectivity index (χ1n) is 9.50. The summed E-state index contributed by atoms with van der Waals surface area (Å²) in [5.41, 5.74) is 2.10. The van der Waals surface area contributed by atoms with Gasteiger partial charge in [0.15, 0.2) is 0 Å². The largest absolute Gasteiger partial charge is 0.477 e. The Hall–Kier alpha value is -3.16. The summed E-state index contributed by atoms with van der Waals surface area (Å²) >= 11 is 0. The molecule has 0 atom stereocenters. The molecule has 0 aliphatic heterocycles. The number of anilines is 2.